The molecule has 0 saturated heterocycles. The Morgan fingerprint density at radius 1 is 1.15 bits per heavy atom. The number of carbonyl (C=O) groups is 4. The zero-order valence-electron chi connectivity index (χ0n) is 19.2. The fourth-order valence-electron chi connectivity index (χ4n) is 3.97. The summed E-state index contributed by atoms with van der Waals surface area (Å²) < 4.78 is 5.06. The molecule has 9 nitrogen and oxygen atoms in total. The van der Waals surface area contributed by atoms with E-state index in [9.17, 15) is 19.2 Å². The minimum Gasteiger partial charge on any atom is -0.465 e. The number of rotatable bonds is 10. The molecule has 1 atom stereocenters. The van der Waals surface area contributed by atoms with E-state index in [1.165, 1.54) is 28.6 Å². The lowest BCUT2D eigenvalue weighted by molar-refractivity contribution is -0.152. The molecule has 1 unspecified atom stereocenters. The molecule has 3 rings (SSSR count). The molecule has 2 aromatic rings. The predicted molar refractivity (Wildman–Crippen MR) is 127 cm³/mol. The van der Waals surface area contributed by atoms with Crippen LogP contribution in [0.3, 0.4) is 0 Å². The van der Waals surface area contributed by atoms with E-state index in [1.54, 1.807) is 36.6 Å². The second-order valence-electron chi connectivity index (χ2n) is 8.01. The maximum absolute atomic E-state index is 13.5. The molecule has 2 N–H and O–H groups in total. The van der Waals surface area contributed by atoms with Crippen molar-refractivity contribution in [1.82, 2.24) is 20.5 Å². The number of amides is 3. The quantitative estimate of drug-likeness (QED) is 0.498. The Balaban J connectivity index is 1.83. The molecule has 1 aliphatic rings. The van der Waals surface area contributed by atoms with Crippen molar-refractivity contribution in [1.29, 1.82) is 0 Å². The maximum Gasteiger partial charge on any atom is 0.325 e. The van der Waals surface area contributed by atoms with Gasteiger partial charge >= 0.3 is 5.97 Å². The van der Waals surface area contributed by atoms with Crippen LogP contribution in [-0.2, 0) is 19.1 Å². The average Bonchev–Trinajstić information content (AvgIpc) is 3.39. The number of aromatic nitrogens is 1. The summed E-state index contributed by atoms with van der Waals surface area (Å²) >= 11 is 1.25. The van der Waals surface area contributed by atoms with Gasteiger partial charge in [0, 0.05) is 18.4 Å². The monoisotopic (exact) mass is 486 g/mol. The summed E-state index contributed by atoms with van der Waals surface area (Å²) in [4.78, 5) is 57.1. The van der Waals surface area contributed by atoms with E-state index in [-0.39, 0.29) is 25.1 Å². The number of esters is 1. The SMILES string of the molecule is CCOC(=O)CN(C(=O)CNC(=O)c1cccs1)C(C(=O)NC1CCCCC1)c1ccncc1. The van der Waals surface area contributed by atoms with Gasteiger partial charge in [0.05, 0.1) is 18.0 Å². The molecule has 0 aliphatic heterocycles. The van der Waals surface area contributed by atoms with E-state index in [0.29, 0.717) is 10.4 Å². The second-order valence-corrected chi connectivity index (χ2v) is 8.96. The number of hydrogen-bond donors (Lipinski definition) is 2. The predicted octanol–water partition coefficient (Wildman–Crippen LogP) is 2.45. The van der Waals surface area contributed by atoms with Gasteiger partial charge in [-0.05, 0) is 48.9 Å². The minimum atomic E-state index is -1.07. The summed E-state index contributed by atoms with van der Waals surface area (Å²) in [5.41, 5.74) is 0.519. The van der Waals surface area contributed by atoms with E-state index in [1.807, 2.05) is 0 Å². The van der Waals surface area contributed by atoms with Crippen LogP contribution in [0.15, 0.2) is 42.0 Å². The molecule has 2 aromatic heterocycles. The number of hydrogen-bond acceptors (Lipinski definition) is 7. The van der Waals surface area contributed by atoms with Crippen LogP contribution in [0.25, 0.3) is 0 Å². The van der Waals surface area contributed by atoms with Gasteiger partial charge in [-0.15, -0.1) is 11.3 Å². The molecular weight excluding hydrogens is 456 g/mol. The van der Waals surface area contributed by atoms with Gasteiger partial charge in [-0.1, -0.05) is 25.3 Å². The van der Waals surface area contributed by atoms with Crippen molar-refractivity contribution < 1.29 is 23.9 Å². The lowest BCUT2D eigenvalue weighted by Gasteiger charge is -2.32. The van der Waals surface area contributed by atoms with Gasteiger partial charge in [0.25, 0.3) is 5.91 Å². The molecule has 0 radical (unpaired) electrons. The first-order chi connectivity index (χ1) is 16.5. The van der Waals surface area contributed by atoms with Gasteiger partial charge in [0.1, 0.15) is 12.6 Å². The van der Waals surface area contributed by atoms with E-state index < -0.39 is 30.4 Å². The van der Waals surface area contributed by atoms with Crippen LogP contribution in [0.2, 0.25) is 0 Å². The third-order valence-electron chi connectivity index (χ3n) is 5.60. The van der Waals surface area contributed by atoms with Crippen LogP contribution in [0, 0.1) is 0 Å². The van der Waals surface area contributed by atoms with Gasteiger partial charge in [0.15, 0.2) is 0 Å². The third-order valence-corrected chi connectivity index (χ3v) is 6.47. The van der Waals surface area contributed by atoms with Gasteiger partial charge in [-0.25, -0.2) is 0 Å². The van der Waals surface area contributed by atoms with Crippen LogP contribution < -0.4 is 10.6 Å². The molecule has 182 valence electrons. The Labute approximate surface area is 202 Å². The highest BCUT2D eigenvalue weighted by molar-refractivity contribution is 7.12. The van der Waals surface area contributed by atoms with Crippen LogP contribution in [0.5, 0.6) is 0 Å². The van der Waals surface area contributed by atoms with Crippen LogP contribution in [-0.4, -0.2) is 59.3 Å². The fraction of sp³-hybridized carbons (Fsp3) is 0.458. The maximum atomic E-state index is 13.5. The summed E-state index contributed by atoms with van der Waals surface area (Å²) in [7, 11) is 0. The molecule has 0 spiro atoms. The van der Waals surface area contributed by atoms with Gasteiger partial charge in [-0.2, -0.15) is 0 Å². The third kappa shape index (κ3) is 7.11. The molecule has 0 aromatic carbocycles. The number of ether oxygens (including phenoxy) is 1. The summed E-state index contributed by atoms with van der Waals surface area (Å²) in [6, 6.07) is 5.62. The molecule has 10 heteroatoms. The zero-order valence-corrected chi connectivity index (χ0v) is 20.0. The normalized spacial score (nSPS) is 14.6. The highest BCUT2D eigenvalue weighted by atomic mass is 32.1. The summed E-state index contributed by atoms with van der Waals surface area (Å²) in [6.07, 6.45) is 8.01. The first-order valence-electron chi connectivity index (χ1n) is 11.5. The molecule has 0 bridgehead atoms. The topological polar surface area (TPSA) is 118 Å². The molecule has 3 amide bonds. The summed E-state index contributed by atoms with van der Waals surface area (Å²) in [6.45, 7) is 1.02. The van der Waals surface area contributed by atoms with Crippen LogP contribution in [0.1, 0.15) is 60.3 Å². The lowest BCUT2D eigenvalue weighted by atomic mass is 9.94. The zero-order chi connectivity index (χ0) is 24.3. The Bertz CT molecular complexity index is 961. The number of nitrogens with zero attached hydrogens (tertiary/aromatic N) is 2. The van der Waals surface area contributed by atoms with E-state index in [2.05, 4.69) is 15.6 Å². The van der Waals surface area contributed by atoms with Gasteiger partial charge < -0.3 is 20.3 Å². The highest BCUT2D eigenvalue weighted by Gasteiger charge is 2.34. The van der Waals surface area contributed by atoms with Crippen molar-refractivity contribution in [3.05, 3.63) is 52.5 Å². The number of thiophene rings is 1. The van der Waals surface area contributed by atoms with E-state index in [0.717, 1.165) is 32.1 Å². The van der Waals surface area contributed by atoms with Gasteiger partial charge in [0.2, 0.25) is 11.8 Å². The molecular formula is C24H30N4O5S. The number of pyridine rings is 1. The molecule has 34 heavy (non-hydrogen) atoms. The van der Waals surface area contributed by atoms with E-state index in [4.69, 9.17) is 4.74 Å². The average molecular weight is 487 g/mol. The van der Waals surface area contributed by atoms with Crippen molar-refractivity contribution in [2.24, 2.45) is 0 Å². The summed E-state index contributed by atoms with van der Waals surface area (Å²) in [5, 5.41) is 7.40. The lowest BCUT2D eigenvalue weighted by Crippen LogP contribution is -2.51. The fourth-order valence-corrected chi connectivity index (χ4v) is 4.61. The number of nitrogens with one attached hydrogen (secondary N) is 2. The van der Waals surface area contributed by atoms with Crippen molar-refractivity contribution >= 4 is 35.0 Å². The molecule has 2 heterocycles. The Morgan fingerprint density at radius 2 is 1.88 bits per heavy atom. The first kappa shape index (κ1) is 25.4. The number of carbonyl (C=O) groups excluding carboxylic acids is 4. The Kier molecular flexibility index (Phi) is 9.57. The van der Waals surface area contributed by atoms with Crippen molar-refractivity contribution in [2.45, 2.75) is 51.1 Å². The minimum absolute atomic E-state index is 0.0173. The first-order valence-corrected chi connectivity index (χ1v) is 12.3. The Morgan fingerprint density at radius 3 is 2.53 bits per heavy atom. The second kappa shape index (κ2) is 12.8. The Hall–Kier alpha value is -3.27. The smallest absolute Gasteiger partial charge is 0.325 e. The standard InChI is InChI=1S/C24H30N4O5S/c1-2-33-21(30)16-28(20(29)15-26-23(31)19-9-6-14-34-19)22(17-10-12-25-13-11-17)24(32)27-18-7-4-3-5-8-18/h6,9-14,18,22H,2-5,7-8,15-16H2,1H3,(H,26,31)(H,27,32). The molecule has 1 aliphatic carbocycles. The van der Waals surface area contributed by atoms with Crippen molar-refractivity contribution in [2.75, 3.05) is 19.7 Å². The van der Waals surface area contributed by atoms with Crippen molar-refractivity contribution in [3.8, 4) is 0 Å². The van der Waals surface area contributed by atoms with Crippen molar-refractivity contribution in [3.63, 3.8) is 0 Å². The largest absolute Gasteiger partial charge is 0.465 e. The van der Waals surface area contributed by atoms with Gasteiger partial charge in [-0.3, -0.25) is 24.2 Å². The van der Waals surface area contributed by atoms with E-state index >= 15 is 0 Å². The van der Waals surface area contributed by atoms with Crippen LogP contribution >= 0.6 is 11.3 Å². The van der Waals surface area contributed by atoms with Crippen LogP contribution in [0.4, 0.5) is 0 Å². The highest BCUT2D eigenvalue weighted by Crippen LogP contribution is 2.24. The molecule has 1 fully saturated rings. The summed E-state index contributed by atoms with van der Waals surface area (Å²) in [5.74, 6) is -1.98. The molecule has 1 saturated carbocycles.